The number of nitrogens with zero attached hydrogens (tertiary/aromatic N) is 3. The summed E-state index contributed by atoms with van der Waals surface area (Å²) < 4.78 is 0.709. The van der Waals surface area contributed by atoms with Crippen LogP contribution in [0.4, 0.5) is 5.82 Å². The van der Waals surface area contributed by atoms with Crippen LogP contribution in [0.25, 0.3) is 0 Å². The quantitative estimate of drug-likeness (QED) is 0.489. The minimum atomic E-state index is -0.547. The molecule has 0 aliphatic carbocycles. The molecule has 0 radical (unpaired) electrons. The molecular formula is C25H24BrN3O2. The van der Waals surface area contributed by atoms with E-state index in [9.17, 15) is 9.59 Å². The van der Waals surface area contributed by atoms with E-state index in [-0.39, 0.29) is 11.8 Å². The van der Waals surface area contributed by atoms with Gasteiger partial charge in [0, 0.05) is 17.2 Å². The van der Waals surface area contributed by atoms with Gasteiger partial charge in [-0.15, -0.1) is 0 Å². The monoisotopic (exact) mass is 477 g/mol. The fraction of sp³-hybridized carbons (Fsp3) is 0.240. The van der Waals surface area contributed by atoms with Crippen molar-refractivity contribution < 1.29 is 9.59 Å². The molecule has 0 fully saturated rings. The van der Waals surface area contributed by atoms with Crippen molar-refractivity contribution >= 4 is 33.6 Å². The van der Waals surface area contributed by atoms with Crippen LogP contribution in [0.15, 0.2) is 77.4 Å². The van der Waals surface area contributed by atoms with Gasteiger partial charge in [-0.05, 0) is 39.5 Å². The number of carbonyl (C=O) groups excluding carboxylic acids is 2. The Morgan fingerprint density at radius 2 is 1.55 bits per heavy atom. The molecule has 0 saturated heterocycles. The summed E-state index contributed by atoms with van der Waals surface area (Å²) in [6.45, 7) is 2.78. The van der Waals surface area contributed by atoms with E-state index in [0.29, 0.717) is 35.4 Å². The molecule has 0 N–H and O–H groups in total. The Bertz CT molecular complexity index is 1070. The predicted molar refractivity (Wildman–Crippen MR) is 125 cm³/mol. The Morgan fingerprint density at radius 3 is 2.16 bits per heavy atom. The Labute approximate surface area is 190 Å². The molecule has 3 aromatic rings. The van der Waals surface area contributed by atoms with Gasteiger partial charge in [0.25, 0.3) is 11.8 Å². The van der Waals surface area contributed by atoms with Crippen molar-refractivity contribution in [3.05, 3.63) is 94.1 Å². The average molecular weight is 478 g/mol. The lowest BCUT2D eigenvalue weighted by atomic mass is 10.1. The van der Waals surface area contributed by atoms with Gasteiger partial charge < -0.3 is 4.90 Å². The molecule has 0 bridgehead atoms. The normalized spacial score (nSPS) is 16.3. The van der Waals surface area contributed by atoms with Crippen molar-refractivity contribution in [2.45, 2.75) is 38.9 Å². The third kappa shape index (κ3) is 4.54. The molecule has 2 amide bonds. The van der Waals surface area contributed by atoms with Crippen LogP contribution in [-0.4, -0.2) is 27.7 Å². The van der Waals surface area contributed by atoms with Crippen LogP contribution in [0.5, 0.6) is 0 Å². The van der Waals surface area contributed by atoms with E-state index in [2.05, 4.69) is 20.9 Å². The Morgan fingerprint density at radius 1 is 0.935 bits per heavy atom. The van der Waals surface area contributed by atoms with E-state index >= 15 is 0 Å². The van der Waals surface area contributed by atoms with Gasteiger partial charge in [0.05, 0.1) is 12.1 Å². The summed E-state index contributed by atoms with van der Waals surface area (Å²) in [6.07, 6.45) is 3.03. The van der Waals surface area contributed by atoms with Gasteiger partial charge in [0.15, 0.2) is 0 Å². The number of benzene rings is 2. The molecule has 2 heterocycles. The molecule has 5 nitrogen and oxygen atoms in total. The predicted octanol–water partition coefficient (Wildman–Crippen LogP) is 5.20. The number of aromatic nitrogens is 1. The molecule has 31 heavy (non-hydrogen) atoms. The Kier molecular flexibility index (Phi) is 6.47. The van der Waals surface area contributed by atoms with Crippen LogP contribution in [0.3, 0.4) is 0 Å². The maximum atomic E-state index is 13.8. The SMILES string of the molecule is CCCC1C(=O)N(Cc2ccccc2)c2ncc(Br)cc2C(=O)N1Cc1ccccc1. The molecule has 2 aromatic carbocycles. The number of carbonyl (C=O) groups is 2. The smallest absolute Gasteiger partial charge is 0.258 e. The molecule has 1 aliphatic heterocycles. The lowest BCUT2D eigenvalue weighted by molar-refractivity contribution is -0.123. The van der Waals surface area contributed by atoms with E-state index in [1.807, 2.05) is 67.6 Å². The summed E-state index contributed by atoms with van der Waals surface area (Å²) in [5.41, 5.74) is 2.42. The molecular weight excluding hydrogens is 454 g/mol. The minimum Gasteiger partial charge on any atom is -0.322 e. The van der Waals surface area contributed by atoms with Crippen molar-refractivity contribution in [1.29, 1.82) is 0 Å². The van der Waals surface area contributed by atoms with Crippen LogP contribution in [-0.2, 0) is 17.9 Å². The van der Waals surface area contributed by atoms with E-state index in [1.165, 1.54) is 0 Å². The lowest BCUT2D eigenvalue weighted by Crippen LogP contribution is -2.48. The third-order valence-electron chi connectivity index (χ3n) is 5.45. The van der Waals surface area contributed by atoms with E-state index in [4.69, 9.17) is 0 Å². The highest BCUT2D eigenvalue weighted by Crippen LogP contribution is 2.31. The van der Waals surface area contributed by atoms with Crippen LogP contribution in [0.1, 0.15) is 41.3 Å². The first-order valence-corrected chi connectivity index (χ1v) is 11.2. The molecule has 0 spiro atoms. The van der Waals surface area contributed by atoms with Gasteiger partial charge in [0.1, 0.15) is 11.9 Å². The second-order valence-corrected chi connectivity index (χ2v) is 8.57. The molecule has 1 aliphatic rings. The van der Waals surface area contributed by atoms with Crippen molar-refractivity contribution in [1.82, 2.24) is 9.88 Å². The lowest BCUT2D eigenvalue weighted by Gasteiger charge is -2.31. The fourth-order valence-electron chi connectivity index (χ4n) is 3.95. The number of hydrogen-bond donors (Lipinski definition) is 0. The highest BCUT2D eigenvalue weighted by Gasteiger charge is 2.40. The molecule has 0 saturated carbocycles. The summed E-state index contributed by atoms with van der Waals surface area (Å²) >= 11 is 3.44. The zero-order valence-electron chi connectivity index (χ0n) is 17.4. The standard InChI is InChI=1S/C25H24BrN3O2/c1-2-9-22-25(31)29(17-19-12-7-4-8-13-19)23-21(14-20(26)15-27-23)24(30)28(22)16-18-10-5-3-6-11-18/h3-8,10-15,22H,2,9,16-17H2,1H3. The molecule has 6 heteroatoms. The Balaban J connectivity index is 1.81. The molecule has 1 unspecified atom stereocenters. The number of halogens is 1. The van der Waals surface area contributed by atoms with Gasteiger partial charge in [-0.1, -0.05) is 74.0 Å². The van der Waals surface area contributed by atoms with Crippen molar-refractivity contribution in [3.63, 3.8) is 0 Å². The first kappa shape index (κ1) is 21.2. The Hall–Kier alpha value is -2.99. The molecule has 4 rings (SSSR count). The molecule has 158 valence electrons. The number of anilines is 1. The number of fused-ring (bicyclic) bond motifs is 1. The largest absolute Gasteiger partial charge is 0.322 e. The zero-order valence-corrected chi connectivity index (χ0v) is 19.0. The van der Waals surface area contributed by atoms with Crippen molar-refractivity contribution in [2.24, 2.45) is 0 Å². The summed E-state index contributed by atoms with van der Waals surface area (Å²) in [4.78, 5) is 35.4. The average Bonchev–Trinajstić information content (AvgIpc) is 2.86. The van der Waals surface area contributed by atoms with Crippen molar-refractivity contribution in [2.75, 3.05) is 4.90 Å². The highest BCUT2D eigenvalue weighted by molar-refractivity contribution is 9.10. The van der Waals surface area contributed by atoms with Crippen LogP contribution < -0.4 is 4.90 Å². The minimum absolute atomic E-state index is 0.0939. The van der Waals surface area contributed by atoms with Gasteiger partial charge in [-0.3, -0.25) is 14.5 Å². The zero-order chi connectivity index (χ0) is 21.8. The topological polar surface area (TPSA) is 53.5 Å². The van der Waals surface area contributed by atoms with Gasteiger partial charge in [0.2, 0.25) is 0 Å². The van der Waals surface area contributed by atoms with E-state index in [0.717, 1.165) is 17.5 Å². The number of amides is 2. The van der Waals surface area contributed by atoms with Gasteiger partial charge in [-0.2, -0.15) is 0 Å². The van der Waals surface area contributed by atoms with Crippen LogP contribution >= 0.6 is 15.9 Å². The number of hydrogen-bond acceptors (Lipinski definition) is 3. The number of pyridine rings is 1. The van der Waals surface area contributed by atoms with E-state index in [1.54, 1.807) is 22.1 Å². The summed E-state index contributed by atoms with van der Waals surface area (Å²) in [5, 5.41) is 0. The maximum Gasteiger partial charge on any atom is 0.258 e. The summed E-state index contributed by atoms with van der Waals surface area (Å²) in [7, 11) is 0. The number of rotatable bonds is 6. The second-order valence-electron chi connectivity index (χ2n) is 7.66. The summed E-state index contributed by atoms with van der Waals surface area (Å²) in [5.74, 6) is 0.150. The van der Waals surface area contributed by atoms with Crippen molar-refractivity contribution in [3.8, 4) is 0 Å². The second kappa shape index (κ2) is 9.43. The first-order valence-electron chi connectivity index (χ1n) is 10.4. The van der Waals surface area contributed by atoms with Crippen LogP contribution in [0, 0.1) is 0 Å². The highest BCUT2D eigenvalue weighted by atomic mass is 79.9. The van der Waals surface area contributed by atoms with E-state index < -0.39 is 6.04 Å². The van der Waals surface area contributed by atoms with Crippen LogP contribution in [0.2, 0.25) is 0 Å². The summed E-state index contributed by atoms with van der Waals surface area (Å²) in [6, 6.07) is 20.8. The maximum absolute atomic E-state index is 13.8. The van der Waals surface area contributed by atoms with Gasteiger partial charge >= 0.3 is 0 Å². The fourth-order valence-corrected chi connectivity index (χ4v) is 4.28. The third-order valence-corrected chi connectivity index (χ3v) is 5.88. The van der Waals surface area contributed by atoms with Gasteiger partial charge in [-0.25, -0.2) is 4.98 Å². The first-order chi connectivity index (χ1) is 15.1. The molecule has 1 atom stereocenters. The molecule has 1 aromatic heterocycles.